The molecule has 10 nitrogen and oxygen atoms in total. The lowest BCUT2D eigenvalue weighted by atomic mass is 9.95. The molecule has 1 aliphatic heterocycles. The molecule has 3 aromatic rings. The molecule has 1 amide bonds. The van der Waals surface area contributed by atoms with Gasteiger partial charge < -0.3 is 10.6 Å². The summed E-state index contributed by atoms with van der Waals surface area (Å²) in [6, 6.07) is 8.01. The second-order valence-corrected chi connectivity index (χ2v) is 15.5. The number of sulfone groups is 1. The van der Waals surface area contributed by atoms with Crippen molar-refractivity contribution in [2.75, 3.05) is 19.3 Å². The molecule has 2 N–H and O–H groups in total. The summed E-state index contributed by atoms with van der Waals surface area (Å²) >= 11 is 0. The van der Waals surface area contributed by atoms with Crippen LogP contribution < -0.4 is 5.73 Å². The number of Topliss-reactive ketones (excluding diaryl/α,β-unsaturated/α-hetero) is 1. The SMILES string of the molecule is CC(C)(F)C[C@H](N)C(=O)N(C1CN(S(=O)(=O)c2ccccn2)CC1=O)[C@@H](c1ccc(-c2ccc(S(C)(=O)=O)cc2)cc1)C(F)(F)F. The van der Waals surface area contributed by atoms with Gasteiger partial charge in [0.05, 0.1) is 17.5 Å². The Kier molecular flexibility index (Phi) is 9.79. The van der Waals surface area contributed by atoms with Gasteiger partial charge in [-0.15, -0.1) is 0 Å². The third kappa shape index (κ3) is 7.79. The Balaban J connectivity index is 1.77. The van der Waals surface area contributed by atoms with Crippen molar-refractivity contribution in [1.82, 2.24) is 14.2 Å². The summed E-state index contributed by atoms with van der Waals surface area (Å²) in [7, 11) is -7.92. The van der Waals surface area contributed by atoms with Gasteiger partial charge in [-0.1, -0.05) is 42.5 Å². The molecule has 2 aromatic carbocycles. The minimum absolute atomic E-state index is 0.0484. The number of amides is 1. The molecule has 1 saturated heterocycles. The average Bonchev–Trinajstić information content (AvgIpc) is 3.36. The van der Waals surface area contributed by atoms with E-state index < -0.39 is 91.6 Å². The van der Waals surface area contributed by atoms with Gasteiger partial charge in [-0.2, -0.15) is 17.5 Å². The number of sulfonamides is 1. The van der Waals surface area contributed by atoms with Crippen LogP contribution >= 0.6 is 0 Å². The van der Waals surface area contributed by atoms with Crippen LogP contribution in [0.5, 0.6) is 0 Å². The molecule has 0 saturated carbocycles. The predicted octanol–water partition coefficient (Wildman–Crippen LogP) is 3.69. The number of aromatic nitrogens is 1. The Morgan fingerprint density at radius 1 is 0.978 bits per heavy atom. The summed E-state index contributed by atoms with van der Waals surface area (Å²) in [6.07, 6.45) is -3.64. The zero-order valence-electron chi connectivity index (χ0n) is 25.0. The molecule has 0 bridgehead atoms. The fourth-order valence-electron chi connectivity index (χ4n) is 5.22. The van der Waals surface area contributed by atoms with Gasteiger partial charge in [0.15, 0.2) is 26.7 Å². The van der Waals surface area contributed by atoms with E-state index in [4.69, 9.17) is 5.73 Å². The van der Waals surface area contributed by atoms with E-state index in [2.05, 4.69) is 4.98 Å². The first-order valence-corrected chi connectivity index (χ1v) is 17.2. The van der Waals surface area contributed by atoms with Crippen LogP contribution in [0.2, 0.25) is 0 Å². The number of carbonyl (C=O) groups excluding carboxylic acids is 2. The third-order valence-electron chi connectivity index (χ3n) is 7.37. The van der Waals surface area contributed by atoms with Crippen LogP contribution in [0.4, 0.5) is 17.6 Å². The van der Waals surface area contributed by atoms with Gasteiger partial charge in [0.1, 0.15) is 11.7 Å². The van der Waals surface area contributed by atoms with Crippen LogP contribution in [0.3, 0.4) is 0 Å². The van der Waals surface area contributed by atoms with E-state index in [-0.39, 0.29) is 9.80 Å². The molecule has 1 fully saturated rings. The van der Waals surface area contributed by atoms with Crippen molar-refractivity contribution >= 4 is 31.6 Å². The quantitative estimate of drug-likeness (QED) is 0.318. The molecule has 0 spiro atoms. The smallest absolute Gasteiger partial charge is 0.320 e. The molecule has 16 heteroatoms. The predicted molar refractivity (Wildman–Crippen MR) is 160 cm³/mol. The summed E-state index contributed by atoms with van der Waals surface area (Å²) in [4.78, 5) is 31.0. The van der Waals surface area contributed by atoms with Crippen molar-refractivity contribution < 1.29 is 44.0 Å². The molecular weight excluding hydrogens is 652 g/mol. The summed E-state index contributed by atoms with van der Waals surface area (Å²) in [6.45, 7) is 0.542. The number of halogens is 4. The topological polar surface area (TPSA) is 148 Å². The molecule has 0 aliphatic carbocycles. The van der Waals surface area contributed by atoms with Crippen molar-refractivity contribution in [3.63, 3.8) is 0 Å². The maximum atomic E-state index is 15.0. The molecular formula is C30H32F4N4O6S2. The number of ketones is 1. The van der Waals surface area contributed by atoms with Crippen molar-refractivity contribution in [1.29, 1.82) is 0 Å². The van der Waals surface area contributed by atoms with Crippen molar-refractivity contribution in [3.05, 3.63) is 78.5 Å². The number of carbonyl (C=O) groups is 2. The fraction of sp³-hybridized carbons (Fsp3) is 0.367. The number of nitrogens with zero attached hydrogens (tertiary/aromatic N) is 3. The fourth-order valence-corrected chi connectivity index (χ4v) is 7.19. The van der Waals surface area contributed by atoms with E-state index in [1.165, 1.54) is 54.7 Å². The largest absolute Gasteiger partial charge is 0.413 e. The first-order chi connectivity index (χ1) is 21.2. The number of alkyl halides is 4. The number of rotatable bonds is 10. The molecule has 1 aromatic heterocycles. The Bertz CT molecular complexity index is 1800. The lowest BCUT2D eigenvalue weighted by Crippen LogP contribution is -2.57. The van der Waals surface area contributed by atoms with Gasteiger partial charge in [0.2, 0.25) is 5.91 Å². The minimum Gasteiger partial charge on any atom is -0.320 e. The van der Waals surface area contributed by atoms with Gasteiger partial charge in [0, 0.05) is 25.4 Å². The zero-order valence-corrected chi connectivity index (χ0v) is 26.6. The molecule has 2 heterocycles. The molecule has 4 rings (SSSR count). The molecule has 248 valence electrons. The second-order valence-electron chi connectivity index (χ2n) is 11.6. The zero-order chi connectivity index (χ0) is 34.2. The van der Waals surface area contributed by atoms with Crippen molar-refractivity contribution in [3.8, 4) is 11.1 Å². The summed E-state index contributed by atoms with van der Waals surface area (Å²) in [5, 5.41) is -0.440. The van der Waals surface area contributed by atoms with Gasteiger partial charge in [0.25, 0.3) is 10.0 Å². The number of pyridine rings is 1. The normalized spacial score (nSPS) is 17.9. The summed E-state index contributed by atoms with van der Waals surface area (Å²) in [5.74, 6) is -2.37. The van der Waals surface area contributed by atoms with Crippen LogP contribution in [-0.4, -0.2) is 86.0 Å². The lowest BCUT2D eigenvalue weighted by molar-refractivity contribution is -0.198. The van der Waals surface area contributed by atoms with Crippen LogP contribution in [0.1, 0.15) is 31.9 Å². The molecule has 1 unspecified atom stereocenters. The van der Waals surface area contributed by atoms with Crippen LogP contribution in [0.25, 0.3) is 11.1 Å². The first kappa shape index (κ1) is 35.1. The highest BCUT2D eigenvalue weighted by Gasteiger charge is 2.54. The number of hydrogen-bond acceptors (Lipinski definition) is 8. The Labute approximate surface area is 264 Å². The first-order valence-electron chi connectivity index (χ1n) is 13.9. The highest BCUT2D eigenvalue weighted by Crippen LogP contribution is 2.41. The Hall–Kier alpha value is -3.73. The van der Waals surface area contributed by atoms with Crippen molar-refractivity contribution in [2.45, 2.75) is 60.2 Å². The van der Waals surface area contributed by atoms with Gasteiger partial charge >= 0.3 is 6.18 Å². The monoisotopic (exact) mass is 684 g/mol. The molecule has 1 aliphatic rings. The minimum atomic E-state index is -5.19. The van der Waals surface area contributed by atoms with E-state index >= 15 is 0 Å². The lowest BCUT2D eigenvalue weighted by Gasteiger charge is -2.39. The Morgan fingerprint density at radius 3 is 2.02 bits per heavy atom. The number of benzene rings is 2. The highest BCUT2D eigenvalue weighted by molar-refractivity contribution is 7.90. The van der Waals surface area contributed by atoms with Crippen LogP contribution in [-0.2, 0) is 29.4 Å². The maximum Gasteiger partial charge on any atom is 0.413 e. The Morgan fingerprint density at radius 2 is 1.54 bits per heavy atom. The maximum absolute atomic E-state index is 15.0. The summed E-state index contributed by atoms with van der Waals surface area (Å²) in [5.41, 5.74) is 4.32. The third-order valence-corrected chi connectivity index (χ3v) is 10.2. The van der Waals surface area contributed by atoms with Crippen LogP contribution in [0.15, 0.2) is 82.8 Å². The van der Waals surface area contributed by atoms with E-state index in [1.807, 2.05) is 0 Å². The molecule has 3 atom stereocenters. The standard InChI is InChI=1S/C30H32F4N4O6S2/c1-29(2,31)16-23(35)28(40)38(24-17-37(18-25(24)39)46(43,44)26-6-4-5-15-36-26)27(30(32,33)34)21-9-7-19(8-10-21)20-11-13-22(14-12-20)45(3,41)42/h4-15,23-24,27H,16-18,35H2,1-3H3/t23-,24?,27-/m0/s1. The number of hydrogen-bond donors (Lipinski definition) is 1. The highest BCUT2D eigenvalue weighted by atomic mass is 32.2. The van der Waals surface area contributed by atoms with Crippen molar-refractivity contribution in [2.24, 2.45) is 5.73 Å². The van der Waals surface area contributed by atoms with E-state index in [0.29, 0.717) is 15.4 Å². The molecule has 46 heavy (non-hydrogen) atoms. The summed E-state index contributed by atoms with van der Waals surface area (Å²) < 4.78 is 110. The molecule has 0 radical (unpaired) electrons. The van der Waals surface area contributed by atoms with E-state index in [0.717, 1.165) is 38.3 Å². The van der Waals surface area contributed by atoms with E-state index in [9.17, 15) is 44.0 Å². The number of nitrogens with two attached hydrogens (primary N) is 1. The van der Waals surface area contributed by atoms with Gasteiger partial charge in [-0.05, 0) is 54.8 Å². The van der Waals surface area contributed by atoms with Gasteiger partial charge in [-0.3, -0.25) is 9.59 Å². The van der Waals surface area contributed by atoms with Crippen LogP contribution in [0, 0.1) is 0 Å². The van der Waals surface area contributed by atoms with Gasteiger partial charge in [-0.25, -0.2) is 26.2 Å². The second kappa shape index (κ2) is 12.8. The van der Waals surface area contributed by atoms with E-state index in [1.54, 1.807) is 0 Å². The average molecular weight is 685 g/mol.